The number of hydrogen-bond acceptors (Lipinski definition) is 7. The van der Waals surface area contributed by atoms with E-state index in [2.05, 4.69) is 5.32 Å². The maximum Gasteiger partial charge on any atom is 0.333 e. The van der Waals surface area contributed by atoms with Crippen LogP contribution in [0.3, 0.4) is 0 Å². The van der Waals surface area contributed by atoms with Crippen molar-refractivity contribution in [2.45, 2.75) is 51.8 Å². The van der Waals surface area contributed by atoms with Crippen LogP contribution < -0.4 is 21.3 Å². The highest BCUT2D eigenvalue weighted by atomic mass is 16.5. The molecule has 1 aromatic carbocycles. The molecule has 0 radical (unpaired) electrons. The van der Waals surface area contributed by atoms with Gasteiger partial charge < -0.3 is 10.1 Å². The third-order valence-electron chi connectivity index (χ3n) is 7.27. The Kier molecular flexibility index (Phi) is 4.99. The van der Waals surface area contributed by atoms with Gasteiger partial charge in [0, 0.05) is 37.4 Å². The summed E-state index contributed by atoms with van der Waals surface area (Å²) in [6.07, 6.45) is 0. The Morgan fingerprint density at radius 2 is 1.39 bits per heavy atom. The number of nitrogens with zero attached hydrogens (tertiary/aromatic N) is 4. The van der Waals surface area contributed by atoms with Gasteiger partial charge in [-0.3, -0.25) is 38.1 Å². The summed E-state index contributed by atoms with van der Waals surface area (Å²) in [5, 5.41) is 2.70. The van der Waals surface area contributed by atoms with Gasteiger partial charge in [-0.05, 0) is 33.8 Å². The van der Waals surface area contributed by atoms with Gasteiger partial charge in [-0.1, -0.05) is 18.2 Å². The maximum absolute atomic E-state index is 14.2. The van der Waals surface area contributed by atoms with E-state index < -0.39 is 46.0 Å². The monoisotopic (exact) mass is 495 g/mol. The standard InChI is InChI=1S/C24H25N5O7/c1-5-26-16(30)15-17(27(6-2)21(26)34)36-24(19(32)28(7-3)22(35)29(8-4)20(24)33)23(15)13-11-9-10-12-14(13)25-18(23)31/h9-12H,5-8H2,1-4H3,(H,25,31). The van der Waals surface area contributed by atoms with Crippen LogP contribution in [0.5, 0.6) is 5.88 Å². The van der Waals surface area contributed by atoms with Crippen molar-refractivity contribution in [3.8, 4) is 5.88 Å². The Morgan fingerprint density at radius 3 is 1.94 bits per heavy atom. The molecule has 36 heavy (non-hydrogen) atoms. The number of amides is 5. The van der Waals surface area contributed by atoms with Crippen molar-refractivity contribution in [3.05, 3.63) is 56.2 Å². The number of hydrogen-bond donors (Lipinski definition) is 1. The average Bonchev–Trinajstić information content (AvgIpc) is 3.34. The molecule has 3 aliphatic heterocycles. The molecule has 0 aliphatic carbocycles. The predicted molar refractivity (Wildman–Crippen MR) is 126 cm³/mol. The molecule has 1 N–H and O–H groups in total. The van der Waals surface area contributed by atoms with E-state index in [4.69, 9.17) is 4.74 Å². The SMILES string of the molecule is CCN1C(=O)N(CC)C(=O)C2(Oc3c(c(=O)n(CC)c(=O)n3CC)C23C(=O)Nc2ccccc23)C1=O. The molecular weight excluding hydrogens is 470 g/mol. The van der Waals surface area contributed by atoms with Gasteiger partial charge in [0.05, 0.1) is 0 Å². The van der Waals surface area contributed by atoms with E-state index in [1.807, 2.05) is 0 Å². The van der Waals surface area contributed by atoms with Gasteiger partial charge in [-0.15, -0.1) is 0 Å². The first kappa shape index (κ1) is 23.5. The summed E-state index contributed by atoms with van der Waals surface area (Å²) in [6, 6.07) is 5.54. The largest absolute Gasteiger partial charge is 0.449 e. The fraction of sp³-hybridized carbons (Fsp3) is 0.417. The molecule has 5 rings (SSSR count). The summed E-state index contributed by atoms with van der Waals surface area (Å²) in [6.45, 7) is 6.15. The number of fused-ring (bicyclic) bond motifs is 5. The van der Waals surface area contributed by atoms with E-state index in [1.54, 1.807) is 45.9 Å². The van der Waals surface area contributed by atoms with E-state index in [0.717, 1.165) is 18.9 Å². The number of imide groups is 2. The molecule has 1 saturated heterocycles. The Hall–Kier alpha value is -4.22. The van der Waals surface area contributed by atoms with Crippen molar-refractivity contribution in [3.63, 3.8) is 0 Å². The van der Waals surface area contributed by atoms with Crippen LogP contribution >= 0.6 is 0 Å². The highest BCUT2D eigenvalue weighted by Crippen LogP contribution is 2.58. The number of barbiturate groups is 1. The van der Waals surface area contributed by atoms with Gasteiger partial charge in [-0.2, -0.15) is 0 Å². The van der Waals surface area contributed by atoms with Crippen LogP contribution in [0.25, 0.3) is 0 Å². The first-order valence-corrected chi connectivity index (χ1v) is 11.8. The molecule has 0 saturated carbocycles. The number of aromatic nitrogens is 2. The van der Waals surface area contributed by atoms with Crippen molar-refractivity contribution in [1.82, 2.24) is 18.9 Å². The fourth-order valence-electron chi connectivity index (χ4n) is 5.68. The van der Waals surface area contributed by atoms with Crippen LogP contribution in [0.1, 0.15) is 38.8 Å². The van der Waals surface area contributed by atoms with Gasteiger partial charge in [0.2, 0.25) is 11.8 Å². The second kappa shape index (κ2) is 7.64. The molecule has 188 valence electrons. The number of urea groups is 1. The number of carbonyl (C=O) groups is 4. The van der Waals surface area contributed by atoms with Crippen LogP contribution in [-0.2, 0) is 32.9 Å². The van der Waals surface area contributed by atoms with Gasteiger partial charge in [0.25, 0.3) is 23.0 Å². The van der Waals surface area contributed by atoms with Gasteiger partial charge >= 0.3 is 11.7 Å². The lowest BCUT2D eigenvalue weighted by molar-refractivity contribution is -0.171. The molecule has 1 aromatic heterocycles. The molecule has 2 aromatic rings. The quantitative estimate of drug-likeness (QED) is 0.600. The third-order valence-corrected chi connectivity index (χ3v) is 7.27. The normalized spacial score (nSPS) is 21.8. The number of para-hydroxylation sites is 1. The molecule has 4 heterocycles. The fourth-order valence-corrected chi connectivity index (χ4v) is 5.68. The zero-order chi connectivity index (χ0) is 26.2. The summed E-state index contributed by atoms with van der Waals surface area (Å²) in [7, 11) is 0. The summed E-state index contributed by atoms with van der Waals surface area (Å²) >= 11 is 0. The summed E-state index contributed by atoms with van der Waals surface area (Å²) in [5.41, 5.74) is -6.27. The molecule has 1 fully saturated rings. The molecule has 1 atom stereocenters. The number of benzene rings is 1. The Morgan fingerprint density at radius 1 is 0.806 bits per heavy atom. The van der Waals surface area contributed by atoms with Gasteiger partial charge in [0.15, 0.2) is 5.41 Å². The lowest BCUT2D eigenvalue weighted by Crippen LogP contribution is -2.77. The molecule has 0 bridgehead atoms. The minimum Gasteiger partial charge on any atom is -0.449 e. The minimum absolute atomic E-state index is 0.0140. The molecule has 12 heteroatoms. The van der Waals surface area contributed by atoms with E-state index >= 15 is 0 Å². The van der Waals surface area contributed by atoms with E-state index in [9.17, 15) is 28.8 Å². The second-order valence-electron chi connectivity index (χ2n) is 8.67. The summed E-state index contributed by atoms with van der Waals surface area (Å²) in [5.74, 6) is -3.28. The molecule has 5 amide bonds. The molecular formula is C24H25N5O7. The molecule has 1 unspecified atom stereocenters. The number of rotatable bonds is 4. The van der Waals surface area contributed by atoms with Crippen LogP contribution in [0.2, 0.25) is 0 Å². The maximum atomic E-state index is 14.2. The lowest BCUT2D eigenvalue weighted by atomic mass is 9.63. The zero-order valence-corrected chi connectivity index (χ0v) is 20.3. The number of likely N-dealkylation sites (N-methyl/N-ethyl adjacent to an activating group) is 2. The summed E-state index contributed by atoms with van der Waals surface area (Å²) < 4.78 is 8.25. The Bertz CT molecular complexity index is 1460. The first-order chi connectivity index (χ1) is 17.2. The number of carbonyl (C=O) groups excluding carboxylic acids is 4. The number of anilines is 1. The van der Waals surface area contributed by atoms with Crippen molar-refractivity contribution in [2.24, 2.45) is 0 Å². The molecule has 3 aliphatic rings. The van der Waals surface area contributed by atoms with Crippen molar-refractivity contribution >= 4 is 29.4 Å². The van der Waals surface area contributed by atoms with Crippen molar-refractivity contribution < 1.29 is 23.9 Å². The minimum atomic E-state index is -2.65. The lowest BCUT2D eigenvalue weighted by Gasteiger charge is -2.46. The number of ether oxygens (including phenoxy) is 1. The third kappa shape index (κ3) is 2.34. The summed E-state index contributed by atoms with van der Waals surface area (Å²) in [4.78, 5) is 84.1. The highest BCUT2D eigenvalue weighted by Gasteiger charge is 2.81. The number of nitrogens with one attached hydrogen (secondary N) is 1. The smallest absolute Gasteiger partial charge is 0.333 e. The van der Waals surface area contributed by atoms with Crippen LogP contribution in [-0.4, -0.2) is 61.4 Å². The average molecular weight is 495 g/mol. The van der Waals surface area contributed by atoms with Crippen LogP contribution in [0, 0.1) is 0 Å². The predicted octanol–water partition coefficient (Wildman–Crippen LogP) is 0.250. The topological polar surface area (TPSA) is 140 Å². The van der Waals surface area contributed by atoms with Crippen molar-refractivity contribution in [2.75, 3.05) is 18.4 Å². The Labute approximate surface area is 205 Å². The van der Waals surface area contributed by atoms with Crippen molar-refractivity contribution in [1.29, 1.82) is 0 Å². The van der Waals surface area contributed by atoms with Gasteiger partial charge in [0.1, 0.15) is 5.56 Å². The van der Waals surface area contributed by atoms with Gasteiger partial charge in [-0.25, -0.2) is 9.59 Å². The second-order valence-corrected chi connectivity index (χ2v) is 8.67. The Balaban J connectivity index is 2.03. The van der Waals surface area contributed by atoms with E-state index in [1.165, 1.54) is 6.07 Å². The van der Waals surface area contributed by atoms with Crippen LogP contribution in [0.4, 0.5) is 10.5 Å². The molecule has 12 nitrogen and oxygen atoms in total. The van der Waals surface area contributed by atoms with E-state index in [0.29, 0.717) is 5.69 Å². The first-order valence-electron chi connectivity index (χ1n) is 11.8. The van der Waals surface area contributed by atoms with E-state index in [-0.39, 0.29) is 43.2 Å². The van der Waals surface area contributed by atoms with Crippen LogP contribution in [0.15, 0.2) is 33.9 Å². The molecule has 2 spiro atoms. The highest BCUT2D eigenvalue weighted by molar-refractivity contribution is 6.29. The zero-order valence-electron chi connectivity index (χ0n) is 20.3.